The molecule has 0 saturated carbocycles. The van der Waals surface area contributed by atoms with E-state index in [1.165, 1.54) is 18.3 Å². The number of nitrogens with zero attached hydrogens (tertiary/aromatic N) is 4. The van der Waals surface area contributed by atoms with Crippen molar-refractivity contribution in [1.29, 1.82) is 0 Å². The lowest BCUT2D eigenvalue weighted by molar-refractivity contribution is -0.155. The van der Waals surface area contributed by atoms with Gasteiger partial charge in [-0.1, -0.05) is 17.7 Å². The van der Waals surface area contributed by atoms with Crippen LogP contribution >= 0.6 is 11.6 Å². The van der Waals surface area contributed by atoms with E-state index in [1.54, 1.807) is 29.2 Å². The zero-order valence-electron chi connectivity index (χ0n) is 18.1. The van der Waals surface area contributed by atoms with Crippen LogP contribution in [0.1, 0.15) is 5.56 Å². The fourth-order valence-corrected chi connectivity index (χ4v) is 3.94. The standard InChI is InChI=1S/C23H24ClN5O4/c1-32-12-20-23(31)28(11-15-2-7-18-19(10-15)26-14-27-22(18)25)8-9-29(20)21(30)13-33-17-5-3-16(24)4-6-17/h2-7,10,14,20H,8-9,11-13H2,1H3,(H2,25,26,27). The first kappa shape index (κ1) is 22.8. The Morgan fingerprint density at radius 3 is 2.73 bits per heavy atom. The molecule has 2 heterocycles. The third-order valence-electron chi connectivity index (χ3n) is 5.51. The van der Waals surface area contributed by atoms with E-state index in [0.29, 0.717) is 41.7 Å². The van der Waals surface area contributed by atoms with Crippen molar-refractivity contribution in [3.63, 3.8) is 0 Å². The number of nitrogens with two attached hydrogens (primary N) is 1. The highest BCUT2D eigenvalue weighted by atomic mass is 35.5. The van der Waals surface area contributed by atoms with E-state index in [4.69, 9.17) is 26.8 Å². The molecule has 1 aliphatic rings. The van der Waals surface area contributed by atoms with Crippen LogP contribution in [0.25, 0.3) is 10.9 Å². The Balaban J connectivity index is 1.43. The van der Waals surface area contributed by atoms with E-state index in [2.05, 4.69) is 9.97 Å². The highest BCUT2D eigenvalue weighted by Crippen LogP contribution is 2.21. The van der Waals surface area contributed by atoms with E-state index in [1.807, 2.05) is 18.2 Å². The molecule has 2 aromatic carbocycles. The van der Waals surface area contributed by atoms with Crippen LogP contribution in [-0.4, -0.2) is 71.0 Å². The molecule has 0 radical (unpaired) electrons. The Hall–Kier alpha value is -3.43. The van der Waals surface area contributed by atoms with Crippen LogP contribution in [0.4, 0.5) is 5.82 Å². The minimum absolute atomic E-state index is 0.101. The molecular weight excluding hydrogens is 446 g/mol. The van der Waals surface area contributed by atoms with Crippen LogP contribution < -0.4 is 10.5 Å². The number of halogens is 1. The molecule has 172 valence electrons. The molecule has 1 fully saturated rings. The summed E-state index contributed by atoms with van der Waals surface area (Å²) in [5.74, 6) is 0.487. The highest BCUT2D eigenvalue weighted by Gasteiger charge is 2.37. The molecule has 1 aliphatic heterocycles. The topological polar surface area (TPSA) is 111 Å². The van der Waals surface area contributed by atoms with Gasteiger partial charge in [0.05, 0.1) is 12.1 Å². The summed E-state index contributed by atoms with van der Waals surface area (Å²) in [5, 5.41) is 1.35. The SMILES string of the molecule is COCC1C(=O)N(Cc2ccc3c(N)ncnc3c2)CCN1C(=O)COc1ccc(Cl)cc1. The van der Waals surface area contributed by atoms with Gasteiger partial charge >= 0.3 is 0 Å². The van der Waals surface area contributed by atoms with Crippen LogP contribution in [0, 0.1) is 0 Å². The fraction of sp³-hybridized carbons (Fsp3) is 0.304. The van der Waals surface area contributed by atoms with Gasteiger partial charge in [-0.3, -0.25) is 9.59 Å². The summed E-state index contributed by atoms with van der Waals surface area (Å²) < 4.78 is 10.8. The van der Waals surface area contributed by atoms with Crippen molar-refractivity contribution in [3.05, 3.63) is 59.4 Å². The predicted molar refractivity (Wildman–Crippen MR) is 124 cm³/mol. The summed E-state index contributed by atoms with van der Waals surface area (Å²) in [7, 11) is 1.51. The van der Waals surface area contributed by atoms with Crippen LogP contribution in [0.15, 0.2) is 48.8 Å². The van der Waals surface area contributed by atoms with Gasteiger partial charge in [-0.15, -0.1) is 0 Å². The molecule has 10 heteroatoms. The van der Waals surface area contributed by atoms with E-state index in [9.17, 15) is 9.59 Å². The normalized spacial score (nSPS) is 16.3. The van der Waals surface area contributed by atoms with Gasteiger partial charge in [0.2, 0.25) is 5.91 Å². The zero-order valence-corrected chi connectivity index (χ0v) is 18.9. The lowest BCUT2D eigenvalue weighted by Gasteiger charge is -2.40. The number of nitrogen functional groups attached to an aromatic ring is 1. The Labute approximate surface area is 196 Å². The number of hydrogen-bond acceptors (Lipinski definition) is 7. The number of carbonyl (C=O) groups is 2. The summed E-state index contributed by atoms with van der Waals surface area (Å²) in [6, 6.07) is 11.7. The summed E-state index contributed by atoms with van der Waals surface area (Å²) >= 11 is 5.87. The fourth-order valence-electron chi connectivity index (χ4n) is 3.81. The molecule has 2 amide bonds. The summed E-state index contributed by atoms with van der Waals surface area (Å²) in [5.41, 5.74) is 7.52. The number of piperazine rings is 1. The highest BCUT2D eigenvalue weighted by molar-refractivity contribution is 6.30. The lowest BCUT2D eigenvalue weighted by Crippen LogP contribution is -2.60. The number of carbonyl (C=O) groups excluding carboxylic acids is 2. The van der Waals surface area contributed by atoms with E-state index < -0.39 is 6.04 Å². The van der Waals surface area contributed by atoms with Gasteiger partial charge in [-0.2, -0.15) is 0 Å². The van der Waals surface area contributed by atoms with Crippen LogP contribution in [-0.2, 0) is 20.9 Å². The molecular formula is C23H24ClN5O4. The van der Waals surface area contributed by atoms with Gasteiger partial charge in [0.1, 0.15) is 23.9 Å². The van der Waals surface area contributed by atoms with Gasteiger partial charge < -0.3 is 25.0 Å². The summed E-state index contributed by atoms with van der Waals surface area (Å²) in [6.07, 6.45) is 1.41. The van der Waals surface area contributed by atoms with Crippen LogP contribution in [0.3, 0.4) is 0 Å². The maximum absolute atomic E-state index is 13.2. The molecule has 3 aromatic rings. The average Bonchev–Trinajstić information content (AvgIpc) is 2.81. The monoisotopic (exact) mass is 469 g/mol. The molecule has 33 heavy (non-hydrogen) atoms. The molecule has 0 spiro atoms. The maximum Gasteiger partial charge on any atom is 0.261 e. The van der Waals surface area contributed by atoms with Crippen molar-refractivity contribution in [2.24, 2.45) is 0 Å². The van der Waals surface area contributed by atoms with Gasteiger partial charge in [0.25, 0.3) is 5.91 Å². The minimum atomic E-state index is -0.719. The second-order valence-electron chi connectivity index (χ2n) is 7.67. The Morgan fingerprint density at radius 2 is 1.97 bits per heavy atom. The maximum atomic E-state index is 13.2. The van der Waals surface area contributed by atoms with Crippen molar-refractivity contribution < 1.29 is 19.1 Å². The third kappa shape index (κ3) is 5.15. The Bertz CT molecular complexity index is 1160. The molecule has 1 unspecified atom stereocenters. The number of anilines is 1. The second kappa shape index (κ2) is 10.0. The molecule has 1 aromatic heterocycles. The number of benzene rings is 2. The number of fused-ring (bicyclic) bond motifs is 1. The smallest absolute Gasteiger partial charge is 0.261 e. The van der Waals surface area contributed by atoms with Crippen molar-refractivity contribution in [2.75, 3.05) is 39.1 Å². The first-order valence-electron chi connectivity index (χ1n) is 10.4. The van der Waals surface area contributed by atoms with Crippen molar-refractivity contribution in [1.82, 2.24) is 19.8 Å². The zero-order chi connectivity index (χ0) is 23.4. The van der Waals surface area contributed by atoms with Crippen molar-refractivity contribution in [2.45, 2.75) is 12.6 Å². The number of hydrogen-bond donors (Lipinski definition) is 1. The number of ether oxygens (including phenoxy) is 2. The van der Waals surface area contributed by atoms with Gasteiger partial charge in [0.15, 0.2) is 6.61 Å². The van der Waals surface area contributed by atoms with Crippen LogP contribution in [0.2, 0.25) is 5.02 Å². The molecule has 1 saturated heterocycles. The molecule has 2 N–H and O–H groups in total. The molecule has 9 nitrogen and oxygen atoms in total. The van der Waals surface area contributed by atoms with E-state index in [-0.39, 0.29) is 25.0 Å². The Kier molecular flexibility index (Phi) is 6.90. The third-order valence-corrected chi connectivity index (χ3v) is 5.76. The Morgan fingerprint density at radius 1 is 1.18 bits per heavy atom. The van der Waals surface area contributed by atoms with E-state index >= 15 is 0 Å². The number of aromatic nitrogens is 2. The minimum Gasteiger partial charge on any atom is -0.484 e. The number of amides is 2. The van der Waals surface area contributed by atoms with E-state index in [0.717, 1.165) is 10.9 Å². The van der Waals surface area contributed by atoms with Crippen molar-refractivity contribution >= 4 is 40.1 Å². The average molecular weight is 470 g/mol. The van der Waals surface area contributed by atoms with Crippen molar-refractivity contribution in [3.8, 4) is 5.75 Å². The summed E-state index contributed by atoms with van der Waals surface area (Å²) in [6.45, 7) is 1.09. The number of rotatable bonds is 7. The second-order valence-corrected chi connectivity index (χ2v) is 8.11. The first-order valence-corrected chi connectivity index (χ1v) is 10.8. The van der Waals surface area contributed by atoms with Gasteiger partial charge in [-0.25, -0.2) is 9.97 Å². The van der Waals surface area contributed by atoms with Crippen LogP contribution in [0.5, 0.6) is 5.75 Å². The number of methoxy groups -OCH3 is 1. The molecule has 0 bridgehead atoms. The van der Waals surface area contributed by atoms with Gasteiger partial charge in [0, 0.05) is 37.2 Å². The van der Waals surface area contributed by atoms with Gasteiger partial charge in [-0.05, 0) is 42.0 Å². The predicted octanol–water partition coefficient (Wildman–Crippen LogP) is 2.13. The molecule has 0 aliphatic carbocycles. The quantitative estimate of drug-likeness (QED) is 0.564. The lowest BCUT2D eigenvalue weighted by atomic mass is 10.1. The largest absolute Gasteiger partial charge is 0.484 e. The molecule has 1 atom stereocenters. The first-order chi connectivity index (χ1) is 16.0. The summed E-state index contributed by atoms with van der Waals surface area (Å²) in [4.78, 5) is 37.5. The molecule has 4 rings (SSSR count).